The second-order valence-corrected chi connectivity index (χ2v) is 9.07. The van der Waals surface area contributed by atoms with E-state index in [0.29, 0.717) is 18.8 Å². The fourth-order valence-corrected chi connectivity index (χ4v) is 4.64. The lowest BCUT2D eigenvalue weighted by Crippen LogP contribution is -2.20. The van der Waals surface area contributed by atoms with Gasteiger partial charge in [0.2, 0.25) is 6.79 Å². The average molecular weight is 484 g/mol. The van der Waals surface area contributed by atoms with Gasteiger partial charge in [0.05, 0.1) is 17.1 Å². The first-order chi connectivity index (χ1) is 18.1. The smallest absolute Gasteiger partial charge is 0.231 e. The predicted molar refractivity (Wildman–Crippen MR) is 145 cm³/mol. The van der Waals surface area contributed by atoms with Crippen LogP contribution in [0.3, 0.4) is 0 Å². The number of aromatic nitrogens is 3. The summed E-state index contributed by atoms with van der Waals surface area (Å²) in [6.45, 7) is 3.21. The van der Waals surface area contributed by atoms with Gasteiger partial charge in [-0.15, -0.1) is 0 Å². The number of nitrogens with zero attached hydrogens (tertiary/aromatic N) is 3. The number of hydrogen-bond donors (Lipinski definition) is 1. The summed E-state index contributed by atoms with van der Waals surface area (Å²) < 4.78 is 11.1. The summed E-state index contributed by atoms with van der Waals surface area (Å²) in [5.41, 5.74) is 7.81. The second kappa shape index (κ2) is 9.95. The Labute approximate surface area is 217 Å². The van der Waals surface area contributed by atoms with Crippen molar-refractivity contribution in [2.75, 3.05) is 6.79 Å². The van der Waals surface area contributed by atoms with Gasteiger partial charge in [-0.1, -0.05) is 60.7 Å². The van der Waals surface area contributed by atoms with Crippen molar-refractivity contribution in [1.82, 2.24) is 19.8 Å². The molecule has 6 nitrogen and oxygen atoms in total. The van der Waals surface area contributed by atoms with E-state index < -0.39 is 0 Å². The minimum absolute atomic E-state index is 0.226. The van der Waals surface area contributed by atoms with Crippen LogP contribution in [0, 0.1) is 6.92 Å². The summed E-state index contributed by atoms with van der Waals surface area (Å²) in [6.07, 6.45) is 0. The Morgan fingerprint density at radius 1 is 0.811 bits per heavy atom. The van der Waals surface area contributed by atoms with Crippen molar-refractivity contribution in [2.24, 2.45) is 0 Å². The molecule has 37 heavy (non-hydrogen) atoms. The van der Waals surface area contributed by atoms with Crippen molar-refractivity contribution in [1.29, 1.82) is 0 Å². The van der Waals surface area contributed by atoms with Crippen LogP contribution in [0.15, 0.2) is 91.0 Å². The molecule has 0 amide bonds. The van der Waals surface area contributed by atoms with Crippen molar-refractivity contribution < 1.29 is 9.47 Å². The first-order valence-corrected chi connectivity index (χ1v) is 12.2. The average Bonchev–Trinajstić information content (AvgIpc) is 3.56. The first-order valence-electron chi connectivity index (χ1n) is 12.2. The van der Waals surface area contributed by atoms with Crippen LogP contribution < -0.4 is 9.47 Å². The Kier molecular flexibility index (Phi) is 6.20. The third-order valence-electron chi connectivity index (χ3n) is 6.37. The van der Waals surface area contributed by atoms with Gasteiger partial charge < -0.3 is 19.3 Å². The highest BCUT2D eigenvalue weighted by Crippen LogP contribution is 2.38. The van der Waals surface area contributed by atoms with E-state index in [0.717, 1.165) is 45.5 Å². The van der Waals surface area contributed by atoms with Crippen LogP contribution in [0.2, 0.25) is 0 Å². The summed E-state index contributed by atoms with van der Waals surface area (Å²) in [6, 6.07) is 30.5. The minimum Gasteiger partial charge on any atom is -0.454 e. The van der Waals surface area contributed by atoms with Crippen molar-refractivity contribution in [3.63, 3.8) is 0 Å². The van der Waals surface area contributed by atoms with Crippen LogP contribution in [0.4, 0.5) is 0 Å². The number of fused-ring (bicyclic) bond motifs is 1. The quantitative estimate of drug-likeness (QED) is 0.290. The third kappa shape index (κ3) is 4.86. The van der Waals surface area contributed by atoms with E-state index in [2.05, 4.69) is 35.3 Å². The Morgan fingerprint density at radius 3 is 2.49 bits per heavy atom. The van der Waals surface area contributed by atoms with Gasteiger partial charge in [-0.05, 0) is 53.9 Å². The van der Waals surface area contributed by atoms with Crippen molar-refractivity contribution in [3.8, 4) is 45.3 Å². The molecule has 6 rings (SSSR count). The molecule has 0 unspecified atom stereocenters. The molecule has 1 N–H and O–H groups in total. The highest BCUT2D eigenvalue weighted by Gasteiger charge is 2.20. The largest absolute Gasteiger partial charge is 0.454 e. The topological polar surface area (TPSA) is 63.3 Å². The Morgan fingerprint density at radius 2 is 1.62 bits per heavy atom. The van der Waals surface area contributed by atoms with Crippen LogP contribution in [-0.4, -0.2) is 34.5 Å². The lowest BCUT2D eigenvalue weighted by atomic mass is 9.99. The molecule has 0 spiro atoms. The maximum absolute atomic E-state index is 6.54. The zero-order chi connectivity index (χ0) is 25.2. The fraction of sp³-hybridized carbons (Fsp3) is 0.133. The standard InChI is InChI=1S/C30H25BN4O2/c1-20-8-7-13-25(32-20)30-29(22-14-15-26-27(16-22)37-19-36-26)33-28(34-30)18-35(31)17-23-11-5-6-12-24(23)21-9-3-2-4-10-21/h2-16H,17-19H2,1H3,(H,33,34). The molecule has 0 fully saturated rings. The summed E-state index contributed by atoms with van der Waals surface area (Å²) in [5, 5.41) is 0. The molecule has 180 valence electrons. The van der Waals surface area contributed by atoms with E-state index in [1.807, 2.05) is 67.6 Å². The number of nitrogens with one attached hydrogen (secondary N) is 1. The highest BCUT2D eigenvalue weighted by atomic mass is 16.7. The Balaban J connectivity index is 1.31. The van der Waals surface area contributed by atoms with Crippen LogP contribution in [0.5, 0.6) is 11.5 Å². The Bertz CT molecular complexity index is 1550. The summed E-state index contributed by atoms with van der Waals surface area (Å²) in [4.78, 5) is 15.0. The number of rotatable bonds is 7. The third-order valence-corrected chi connectivity index (χ3v) is 6.37. The van der Waals surface area contributed by atoms with E-state index in [1.165, 1.54) is 11.1 Å². The zero-order valence-electron chi connectivity index (χ0n) is 20.5. The molecule has 0 aliphatic carbocycles. The molecule has 1 aliphatic heterocycles. The van der Waals surface area contributed by atoms with Gasteiger partial charge in [0.15, 0.2) is 19.5 Å². The minimum atomic E-state index is 0.226. The number of aryl methyl sites for hydroxylation is 1. The number of ether oxygens (including phenoxy) is 2. The lowest BCUT2D eigenvalue weighted by molar-refractivity contribution is 0.174. The molecular weight excluding hydrogens is 459 g/mol. The monoisotopic (exact) mass is 484 g/mol. The van der Waals surface area contributed by atoms with Gasteiger partial charge in [0, 0.05) is 24.3 Å². The van der Waals surface area contributed by atoms with E-state index in [1.54, 1.807) is 4.81 Å². The summed E-state index contributed by atoms with van der Waals surface area (Å²) in [7, 11) is 6.54. The molecule has 3 aromatic carbocycles. The van der Waals surface area contributed by atoms with Crippen LogP contribution in [-0.2, 0) is 13.1 Å². The maximum atomic E-state index is 6.54. The molecule has 7 heteroatoms. The van der Waals surface area contributed by atoms with Gasteiger partial charge in [-0.3, -0.25) is 4.98 Å². The summed E-state index contributed by atoms with van der Waals surface area (Å²) >= 11 is 0. The highest BCUT2D eigenvalue weighted by molar-refractivity contribution is 6.04. The molecule has 0 atom stereocenters. The van der Waals surface area contributed by atoms with Crippen LogP contribution in [0.1, 0.15) is 17.1 Å². The molecule has 2 radical (unpaired) electrons. The molecule has 2 aromatic heterocycles. The molecular formula is C30H25BN4O2. The van der Waals surface area contributed by atoms with Gasteiger partial charge in [-0.2, -0.15) is 0 Å². The van der Waals surface area contributed by atoms with Crippen LogP contribution >= 0.6 is 0 Å². The number of imidazole rings is 1. The molecule has 1 aliphatic rings. The van der Waals surface area contributed by atoms with Crippen molar-refractivity contribution in [2.45, 2.75) is 20.0 Å². The van der Waals surface area contributed by atoms with E-state index in [9.17, 15) is 0 Å². The summed E-state index contributed by atoms with van der Waals surface area (Å²) in [5.74, 6) is 2.20. The van der Waals surface area contributed by atoms with Gasteiger partial charge in [-0.25, -0.2) is 4.98 Å². The van der Waals surface area contributed by atoms with E-state index in [-0.39, 0.29) is 6.79 Å². The van der Waals surface area contributed by atoms with Gasteiger partial charge in [0.25, 0.3) is 0 Å². The molecule has 0 saturated carbocycles. The predicted octanol–water partition coefficient (Wildman–Crippen LogP) is 5.93. The van der Waals surface area contributed by atoms with E-state index in [4.69, 9.17) is 27.4 Å². The molecule has 3 heterocycles. The first kappa shape index (κ1) is 23.1. The van der Waals surface area contributed by atoms with E-state index >= 15 is 0 Å². The number of H-pyrrole nitrogens is 1. The SMILES string of the molecule is [B]N(Cc1nc(-c2ccc3c(c2)OCO3)c(-c2cccc(C)n2)[nH]1)Cc1ccccc1-c1ccccc1. The van der Waals surface area contributed by atoms with Gasteiger partial charge in [0.1, 0.15) is 5.82 Å². The molecule has 5 aromatic rings. The second-order valence-electron chi connectivity index (χ2n) is 9.07. The Hall–Kier alpha value is -4.36. The fourth-order valence-electron chi connectivity index (χ4n) is 4.64. The number of hydrogen-bond acceptors (Lipinski definition) is 5. The normalized spacial score (nSPS) is 12.3. The lowest BCUT2D eigenvalue weighted by Gasteiger charge is -2.18. The van der Waals surface area contributed by atoms with Crippen LogP contribution in [0.25, 0.3) is 33.8 Å². The number of benzene rings is 3. The molecule has 0 bridgehead atoms. The van der Waals surface area contributed by atoms with Crippen molar-refractivity contribution in [3.05, 3.63) is 108 Å². The maximum Gasteiger partial charge on any atom is 0.231 e. The molecule has 0 saturated heterocycles. The zero-order valence-corrected chi connectivity index (χ0v) is 20.5. The number of pyridine rings is 1. The van der Waals surface area contributed by atoms with Gasteiger partial charge >= 0.3 is 0 Å². The number of aromatic amines is 1. The van der Waals surface area contributed by atoms with Crippen molar-refractivity contribution >= 4 is 7.98 Å².